The Morgan fingerprint density at radius 1 is 0.280 bits per heavy atom. The molecule has 0 saturated carbocycles. The van der Waals surface area contributed by atoms with Crippen LogP contribution in [0.1, 0.15) is 65.2 Å². The zero-order valence-corrected chi connectivity index (χ0v) is 31.5. The van der Waals surface area contributed by atoms with Crippen LogP contribution in [0.4, 0.5) is 0 Å². The molecule has 14 heteroatoms. The largest absolute Gasteiger partial charge is 0.463 e. The van der Waals surface area contributed by atoms with E-state index in [0.29, 0.717) is 152 Å². The van der Waals surface area contributed by atoms with Gasteiger partial charge in [0.15, 0.2) is 0 Å². The van der Waals surface area contributed by atoms with Crippen molar-refractivity contribution in [3.63, 3.8) is 0 Å². The van der Waals surface area contributed by atoms with Crippen LogP contribution in [0, 0.1) is 0 Å². The molecule has 0 radical (unpaired) electrons. The molecule has 0 aliphatic carbocycles. The first-order valence-corrected chi connectivity index (χ1v) is 18.8. The van der Waals surface area contributed by atoms with Gasteiger partial charge in [-0.05, 0) is 6.42 Å². The second-order valence-corrected chi connectivity index (χ2v) is 11.2. The van der Waals surface area contributed by atoms with Crippen molar-refractivity contribution < 1.29 is 66.4 Å². The van der Waals surface area contributed by atoms with Gasteiger partial charge in [-0.2, -0.15) is 0 Å². The first-order chi connectivity index (χ1) is 24.8. The van der Waals surface area contributed by atoms with E-state index in [-0.39, 0.29) is 12.6 Å². The lowest BCUT2D eigenvalue weighted by molar-refractivity contribution is -0.142. The van der Waals surface area contributed by atoms with E-state index in [1.165, 1.54) is 51.9 Å². The van der Waals surface area contributed by atoms with E-state index >= 15 is 0 Å². The smallest absolute Gasteiger partial charge is 0.302 e. The van der Waals surface area contributed by atoms with Crippen LogP contribution in [0.5, 0.6) is 0 Å². The number of hydrogen-bond donors (Lipinski definition) is 0. The highest BCUT2D eigenvalue weighted by Crippen LogP contribution is 2.08. The summed E-state index contributed by atoms with van der Waals surface area (Å²) in [5.74, 6) is -0.310. The molecule has 0 unspecified atom stereocenters. The molecule has 14 nitrogen and oxygen atoms in total. The Morgan fingerprint density at radius 2 is 0.480 bits per heavy atom. The Kier molecular flexibility index (Phi) is 45.1. The fraction of sp³-hybridized carbons (Fsp3) is 0.972. The Balaban J connectivity index is 3.05. The van der Waals surface area contributed by atoms with Gasteiger partial charge in [0.05, 0.1) is 152 Å². The first kappa shape index (κ1) is 49.0. The number of ether oxygens (including phenoxy) is 13. The fourth-order valence-electron chi connectivity index (χ4n) is 4.10. The third-order valence-corrected chi connectivity index (χ3v) is 6.77. The van der Waals surface area contributed by atoms with Gasteiger partial charge in [0.25, 0.3) is 0 Å². The van der Waals surface area contributed by atoms with Gasteiger partial charge in [0.1, 0.15) is 6.61 Å². The SMILES string of the molecule is CCCCCCCCCCOCCOCCOCCOCCOCCOCCOCCOCCOCCOCCOCCOCCOC(C)=O. The number of carbonyl (C=O) groups excluding carboxylic acids is 1. The molecule has 50 heavy (non-hydrogen) atoms. The molecule has 0 aromatic rings. The van der Waals surface area contributed by atoms with Gasteiger partial charge in [0.2, 0.25) is 0 Å². The maximum Gasteiger partial charge on any atom is 0.302 e. The summed E-state index contributed by atoms with van der Waals surface area (Å²) in [5, 5.41) is 0. The Hall–Kier alpha value is -1.01. The van der Waals surface area contributed by atoms with Crippen molar-refractivity contribution in [2.45, 2.75) is 65.2 Å². The summed E-state index contributed by atoms with van der Waals surface area (Å²) in [7, 11) is 0. The van der Waals surface area contributed by atoms with Crippen molar-refractivity contribution in [2.75, 3.05) is 165 Å². The lowest BCUT2D eigenvalue weighted by Gasteiger charge is -2.09. The zero-order chi connectivity index (χ0) is 36.1. The molecule has 0 saturated heterocycles. The molecule has 0 aliphatic heterocycles. The topological polar surface area (TPSA) is 137 Å². The van der Waals surface area contributed by atoms with Crippen LogP contribution in [-0.4, -0.2) is 171 Å². The lowest BCUT2D eigenvalue weighted by atomic mass is 10.1. The van der Waals surface area contributed by atoms with Crippen molar-refractivity contribution in [3.05, 3.63) is 0 Å². The van der Waals surface area contributed by atoms with Crippen LogP contribution in [0.2, 0.25) is 0 Å². The highest BCUT2D eigenvalue weighted by atomic mass is 16.6. The van der Waals surface area contributed by atoms with Gasteiger partial charge in [-0.1, -0.05) is 51.9 Å². The molecule has 0 aromatic heterocycles. The Labute approximate surface area is 302 Å². The molecule has 0 rings (SSSR count). The van der Waals surface area contributed by atoms with Gasteiger partial charge in [-0.15, -0.1) is 0 Å². The molecule has 0 aliphatic rings. The predicted octanol–water partition coefficient (Wildman–Crippen LogP) is 3.89. The molecule has 0 spiro atoms. The molecule has 0 N–H and O–H groups in total. The van der Waals surface area contributed by atoms with Crippen LogP contribution < -0.4 is 0 Å². The van der Waals surface area contributed by atoms with Gasteiger partial charge < -0.3 is 61.6 Å². The maximum absolute atomic E-state index is 10.6. The Bertz CT molecular complexity index is 632. The minimum atomic E-state index is -0.310. The summed E-state index contributed by atoms with van der Waals surface area (Å²) >= 11 is 0. The molecular formula is C36H72O14. The van der Waals surface area contributed by atoms with Crippen molar-refractivity contribution in [2.24, 2.45) is 0 Å². The van der Waals surface area contributed by atoms with E-state index in [9.17, 15) is 4.79 Å². The fourth-order valence-corrected chi connectivity index (χ4v) is 4.10. The number of carbonyl (C=O) groups is 1. The maximum atomic E-state index is 10.6. The molecule has 0 atom stereocenters. The molecule has 0 amide bonds. The zero-order valence-electron chi connectivity index (χ0n) is 31.5. The standard InChI is InChI=1S/C36H72O14/c1-3-4-5-6-7-8-9-10-11-38-12-13-39-14-15-40-16-17-41-18-19-42-20-21-43-22-23-44-24-25-45-26-27-46-28-29-47-30-31-48-32-33-49-34-35-50-36(2)37/h3-35H2,1-2H3. The molecule has 0 fully saturated rings. The van der Waals surface area contributed by atoms with E-state index in [0.717, 1.165) is 13.0 Å². The van der Waals surface area contributed by atoms with E-state index in [2.05, 4.69) is 6.92 Å². The van der Waals surface area contributed by atoms with Crippen LogP contribution in [0.25, 0.3) is 0 Å². The lowest BCUT2D eigenvalue weighted by Crippen LogP contribution is -2.15. The normalized spacial score (nSPS) is 11.5. The number of hydrogen-bond acceptors (Lipinski definition) is 14. The van der Waals surface area contributed by atoms with Crippen LogP contribution >= 0.6 is 0 Å². The van der Waals surface area contributed by atoms with Crippen molar-refractivity contribution in [1.82, 2.24) is 0 Å². The van der Waals surface area contributed by atoms with E-state index in [1.807, 2.05) is 0 Å². The third kappa shape index (κ3) is 47.0. The van der Waals surface area contributed by atoms with E-state index in [1.54, 1.807) is 0 Å². The minimum Gasteiger partial charge on any atom is -0.463 e. The second kappa shape index (κ2) is 46.0. The highest BCUT2D eigenvalue weighted by Gasteiger charge is 1.98. The summed E-state index contributed by atoms with van der Waals surface area (Å²) in [6.45, 7) is 16.5. The van der Waals surface area contributed by atoms with Crippen LogP contribution in [0.3, 0.4) is 0 Å². The molecule has 0 bridgehead atoms. The second-order valence-electron chi connectivity index (χ2n) is 11.2. The number of rotatable bonds is 45. The average Bonchev–Trinajstić information content (AvgIpc) is 3.11. The van der Waals surface area contributed by atoms with Gasteiger partial charge in [-0.25, -0.2) is 0 Å². The Morgan fingerprint density at radius 3 is 0.720 bits per heavy atom. The number of unbranched alkanes of at least 4 members (excludes halogenated alkanes) is 7. The van der Waals surface area contributed by atoms with Crippen LogP contribution in [0.15, 0.2) is 0 Å². The molecule has 0 aromatic carbocycles. The van der Waals surface area contributed by atoms with E-state index < -0.39 is 0 Å². The van der Waals surface area contributed by atoms with Gasteiger partial charge >= 0.3 is 5.97 Å². The first-order valence-electron chi connectivity index (χ1n) is 18.8. The van der Waals surface area contributed by atoms with Crippen LogP contribution in [-0.2, 0) is 66.4 Å². The quantitative estimate of drug-likeness (QED) is 0.0662. The van der Waals surface area contributed by atoms with Crippen molar-refractivity contribution in [1.29, 1.82) is 0 Å². The van der Waals surface area contributed by atoms with E-state index in [4.69, 9.17) is 61.6 Å². The average molecular weight is 729 g/mol. The number of esters is 1. The summed E-state index contributed by atoms with van der Waals surface area (Å²) in [5.41, 5.74) is 0. The monoisotopic (exact) mass is 728 g/mol. The molecule has 300 valence electrons. The molecular weight excluding hydrogens is 656 g/mol. The van der Waals surface area contributed by atoms with Gasteiger partial charge in [-0.3, -0.25) is 4.79 Å². The van der Waals surface area contributed by atoms with Crippen molar-refractivity contribution in [3.8, 4) is 0 Å². The summed E-state index contributed by atoms with van der Waals surface area (Å²) in [6.07, 6.45) is 10.5. The molecule has 0 heterocycles. The van der Waals surface area contributed by atoms with Gasteiger partial charge in [0, 0.05) is 13.5 Å². The summed E-state index contributed by atoms with van der Waals surface area (Å²) in [4.78, 5) is 10.6. The third-order valence-electron chi connectivity index (χ3n) is 6.77. The predicted molar refractivity (Wildman–Crippen MR) is 189 cm³/mol. The van der Waals surface area contributed by atoms with Crippen molar-refractivity contribution >= 4 is 5.97 Å². The summed E-state index contributed by atoms with van der Waals surface area (Å²) < 4.78 is 70.4. The highest BCUT2D eigenvalue weighted by molar-refractivity contribution is 5.65. The summed E-state index contributed by atoms with van der Waals surface area (Å²) in [6, 6.07) is 0. The minimum absolute atomic E-state index is 0.258.